The minimum atomic E-state index is -0.235. The van der Waals surface area contributed by atoms with Crippen molar-refractivity contribution in [3.05, 3.63) is 77.6 Å². The van der Waals surface area contributed by atoms with Gasteiger partial charge in [-0.1, -0.05) is 48.5 Å². The summed E-state index contributed by atoms with van der Waals surface area (Å²) in [4.78, 5) is 2.18. The highest BCUT2D eigenvalue weighted by Crippen LogP contribution is 2.29. The highest BCUT2D eigenvalue weighted by molar-refractivity contribution is 5.87. The van der Waals surface area contributed by atoms with Gasteiger partial charge in [0.05, 0.1) is 0 Å². The van der Waals surface area contributed by atoms with E-state index in [0.29, 0.717) is 5.56 Å². The molecule has 0 saturated heterocycles. The number of benzene rings is 3. The van der Waals surface area contributed by atoms with E-state index in [1.807, 2.05) is 24.3 Å². The number of hydrogen-bond donors (Lipinski definition) is 1. The zero-order valence-corrected chi connectivity index (χ0v) is 16.0. The summed E-state index contributed by atoms with van der Waals surface area (Å²) in [6.07, 6.45) is 1.09. The van der Waals surface area contributed by atoms with Crippen LogP contribution in [0.2, 0.25) is 0 Å². The lowest BCUT2D eigenvalue weighted by Gasteiger charge is -2.16. The van der Waals surface area contributed by atoms with Gasteiger partial charge >= 0.3 is 0 Å². The topological polar surface area (TPSA) is 24.5 Å². The van der Waals surface area contributed by atoms with Crippen LogP contribution < -0.4 is 10.1 Å². The molecule has 0 unspecified atom stereocenters. The number of halogens is 1. The first-order chi connectivity index (χ1) is 13.1. The standard InChI is InChI=1S/C23H27FN2O/c1-26(2)15-7-14-25-16-21-20-10-5-3-8-18(20)12-13-23(21)27-17-19-9-4-6-11-22(19)24/h3-6,8-13,25H,7,14-17H2,1-2H3. The first-order valence-electron chi connectivity index (χ1n) is 9.37. The van der Waals surface area contributed by atoms with Crippen molar-refractivity contribution in [2.45, 2.75) is 19.6 Å². The first kappa shape index (κ1) is 19.3. The van der Waals surface area contributed by atoms with Crippen LogP contribution in [0, 0.1) is 5.82 Å². The largest absolute Gasteiger partial charge is 0.488 e. The molecule has 3 aromatic carbocycles. The molecule has 0 aromatic heterocycles. The van der Waals surface area contributed by atoms with Crippen LogP contribution in [-0.4, -0.2) is 32.1 Å². The second kappa shape index (κ2) is 9.49. The lowest BCUT2D eigenvalue weighted by atomic mass is 10.0. The maximum Gasteiger partial charge on any atom is 0.129 e. The molecule has 3 aromatic rings. The summed E-state index contributed by atoms with van der Waals surface area (Å²) in [5.74, 6) is 0.568. The average molecular weight is 366 g/mol. The Morgan fingerprint density at radius 1 is 0.963 bits per heavy atom. The first-order valence-corrected chi connectivity index (χ1v) is 9.37. The smallest absolute Gasteiger partial charge is 0.129 e. The third-order valence-electron chi connectivity index (χ3n) is 4.60. The molecule has 0 aliphatic carbocycles. The van der Waals surface area contributed by atoms with E-state index in [1.165, 1.54) is 16.8 Å². The Morgan fingerprint density at radius 2 is 1.74 bits per heavy atom. The SMILES string of the molecule is CN(C)CCCNCc1c(OCc2ccccc2F)ccc2ccccc12. The molecular formula is C23H27FN2O. The normalized spacial score (nSPS) is 11.3. The van der Waals surface area contributed by atoms with Crippen LogP contribution in [0.15, 0.2) is 60.7 Å². The molecule has 0 aliphatic heterocycles. The van der Waals surface area contributed by atoms with Crippen LogP contribution in [-0.2, 0) is 13.2 Å². The van der Waals surface area contributed by atoms with Crippen molar-refractivity contribution >= 4 is 10.8 Å². The molecule has 0 aliphatic rings. The van der Waals surface area contributed by atoms with Gasteiger partial charge < -0.3 is 15.0 Å². The van der Waals surface area contributed by atoms with Gasteiger partial charge in [0.15, 0.2) is 0 Å². The summed E-state index contributed by atoms with van der Waals surface area (Å²) < 4.78 is 19.9. The molecule has 27 heavy (non-hydrogen) atoms. The molecule has 142 valence electrons. The van der Waals surface area contributed by atoms with Crippen molar-refractivity contribution in [3.63, 3.8) is 0 Å². The van der Waals surface area contributed by atoms with E-state index in [2.05, 4.69) is 42.5 Å². The fourth-order valence-electron chi connectivity index (χ4n) is 3.14. The Labute approximate surface area is 160 Å². The second-order valence-corrected chi connectivity index (χ2v) is 6.98. The number of hydrogen-bond acceptors (Lipinski definition) is 3. The molecule has 4 heteroatoms. The summed E-state index contributed by atoms with van der Waals surface area (Å²) >= 11 is 0. The maximum absolute atomic E-state index is 13.9. The van der Waals surface area contributed by atoms with Crippen LogP contribution >= 0.6 is 0 Å². The van der Waals surface area contributed by atoms with Crippen molar-refractivity contribution in [1.82, 2.24) is 10.2 Å². The van der Waals surface area contributed by atoms with Crippen molar-refractivity contribution in [3.8, 4) is 5.75 Å². The number of nitrogens with one attached hydrogen (secondary N) is 1. The van der Waals surface area contributed by atoms with E-state index in [-0.39, 0.29) is 12.4 Å². The number of nitrogens with zero attached hydrogens (tertiary/aromatic N) is 1. The maximum atomic E-state index is 13.9. The summed E-state index contributed by atoms with van der Waals surface area (Å²) in [7, 11) is 4.17. The molecule has 0 spiro atoms. The van der Waals surface area contributed by atoms with Crippen LogP contribution in [0.25, 0.3) is 10.8 Å². The summed E-state index contributed by atoms with van der Waals surface area (Å²) in [5, 5.41) is 5.87. The monoisotopic (exact) mass is 366 g/mol. The van der Waals surface area contributed by atoms with Gasteiger partial charge in [0.2, 0.25) is 0 Å². The van der Waals surface area contributed by atoms with Gasteiger partial charge in [-0.25, -0.2) is 4.39 Å². The fraction of sp³-hybridized carbons (Fsp3) is 0.304. The van der Waals surface area contributed by atoms with Gasteiger partial charge in [0, 0.05) is 17.7 Å². The Kier molecular flexibility index (Phi) is 6.80. The molecule has 3 rings (SSSR count). The third-order valence-corrected chi connectivity index (χ3v) is 4.60. The number of ether oxygens (including phenoxy) is 1. The molecule has 0 radical (unpaired) electrons. The molecule has 0 heterocycles. The molecular weight excluding hydrogens is 339 g/mol. The summed E-state index contributed by atoms with van der Waals surface area (Å²) in [6, 6.07) is 19.1. The summed E-state index contributed by atoms with van der Waals surface area (Å²) in [6.45, 7) is 2.94. The van der Waals surface area contributed by atoms with Crippen LogP contribution in [0.5, 0.6) is 5.75 Å². The number of rotatable bonds is 9. The average Bonchev–Trinajstić information content (AvgIpc) is 2.67. The predicted octanol–water partition coefficient (Wildman–Crippen LogP) is 4.60. The highest BCUT2D eigenvalue weighted by Gasteiger charge is 2.10. The lowest BCUT2D eigenvalue weighted by Crippen LogP contribution is -2.21. The molecule has 3 nitrogen and oxygen atoms in total. The predicted molar refractivity (Wildman–Crippen MR) is 110 cm³/mol. The van der Waals surface area contributed by atoms with E-state index in [1.54, 1.807) is 12.1 Å². The second-order valence-electron chi connectivity index (χ2n) is 6.98. The van der Waals surface area contributed by atoms with Crippen molar-refractivity contribution in [2.75, 3.05) is 27.2 Å². The highest BCUT2D eigenvalue weighted by atomic mass is 19.1. The van der Waals surface area contributed by atoms with Crippen LogP contribution in [0.3, 0.4) is 0 Å². The van der Waals surface area contributed by atoms with Crippen LogP contribution in [0.4, 0.5) is 4.39 Å². The van der Waals surface area contributed by atoms with Gasteiger partial charge in [0.1, 0.15) is 18.2 Å². The Morgan fingerprint density at radius 3 is 2.56 bits per heavy atom. The zero-order chi connectivity index (χ0) is 19.1. The minimum Gasteiger partial charge on any atom is -0.488 e. The molecule has 0 bridgehead atoms. The quantitative estimate of drug-likeness (QED) is 0.560. The van der Waals surface area contributed by atoms with Crippen LogP contribution in [0.1, 0.15) is 17.5 Å². The molecule has 0 atom stereocenters. The lowest BCUT2D eigenvalue weighted by molar-refractivity contribution is 0.296. The molecule has 0 saturated carbocycles. The zero-order valence-electron chi connectivity index (χ0n) is 16.0. The van der Waals surface area contributed by atoms with E-state index in [4.69, 9.17) is 4.74 Å². The molecule has 0 amide bonds. The van der Waals surface area contributed by atoms with Crippen molar-refractivity contribution in [2.24, 2.45) is 0 Å². The Balaban J connectivity index is 1.76. The molecule has 0 fully saturated rings. The molecule has 1 N–H and O–H groups in total. The van der Waals surface area contributed by atoms with Gasteiger partial charge in [-0.2, -0.15) is 0 Å². The van der Waals surface area contributed by atoms with E-state index in [0.717, 1.165) is 37.4 Å². The van der Waals surface area contributed by atoms with Gasteiger partial charge in [0.25, 0.3) is 0 Å². The van der Waals surface area contributed by atoms with Crippen molar-refractivity contribution in [1.29, 1.82) is 0 Å². The Bertz CT molecular complexity index is 879. The van der Waals surface area contributed by atoms with E-state index >= 15 is 0 Å². The fourth-order valence-corrected chi connectivity index (χ4v) is 3.14. The van der Waals surface area contributed by atoms with Gasteiger partial charge in [-0.15, -0.1) is 0 Å². The summed E-state index contributed by atoms with van der Waals surface area (Å²) in [5.41, 5.74) is 1.69. The number of fused-ring (bicyclic) bond motifs is 1. The Hall–Kier alpha value is -2.43. The van der Waals surface area contributed by atoms with Crippen molar-refractivity contribution < 1.29 is 9.13 Å². The minimum absolute atomic E-state index is 0.221. The van der Waals surface area contributed by atoms with E-state index < -0.39 is 0 Å². The van der Waals surface area contributed by atoms with Gasteiger partial charge in [-0.3, -0.25) is 0 Å². The van der Waals surface area contributed by atoms with Gasteiger partial charge in [-0.05, 0) is 56.5 Å². The van der Waals surface area contributed by atoms with E-state index in [9.17, 15) is 4.39 Å². The third kappa shape index (κ3) is 5.28.